The second kappa shape index (κ2) is 8.23. The molecule has 0 aliphatic heterocycles. The van der Waals surface area contributed by atoms with Crippen molar-refractivity contribution in [2.24, 2.45) is 0 Å². The molecule has 2 N–H and O–H groups in total. The van der Waals surface area contributed by atoms with E-state index in [0.29, 0.717) is 34.5 Å². The number of phenolic OH excluding ortho intramolecular Hbond substituents is 1. The first-order valence-electron chi connectivity index (χ1n) is 8.28. The van der Waals surface area contributed by atoms with E-state index < -0.39 is 0 Å². The van der Waals surface area contributed by atoms with Crippen LogP contribution in [0.1, 0.15) is 46.8 Å². The number of carbonyl (C=O) groups is 2. The number of carbonyl (C=O) groups excluding carboxylic acids is 2. The Morgan fingerprint density at radius 2 is 1.92 bits per heavy atom. The number of aromatic hydroxyl groups is 1. The highest BCUT2D eigenvalue weighted by Gasteiger charge is 2.16. The van der Waals surface area contributed by atoms with Crippen LogP contribution in [-0.2, 0) is 4.79 Å². The zero-order valence-corrected chi connectivity index (χ0v) is 16.0. The van der Waals surface area contributed by atoms with Crippen LogP contribution >= 0.6 is 11.6 Å². The van der Waals surface area contributed by atoms with Gasteiger partial charge in [-0.25, -0.2) is 0 Å². The lowest BCUT2D eigenvalue weighted by molar-refractivity contribution is -0.107. The van der Waals surface area contributed by atoms with Gasteiger partial charge in [-0.3, -0.25) is 4.79 Å². The fraction of sp³-hybridized carbons (Fsp3) is 0.300. The monoisotopic (exact) mass is 375 g/mol. The lowest BCUT2D eigenvalue weighted by atomic mass is 9.99. The molecule has 0 heterocycles. The number of phenols is 1. The Labute approximate surface area is 157 Å². The number of nitrogens with one attached hydrogen (secondary N) is 1. The first-order chi connectivity index (χ1) is 12.2. The molecule has 0 atom stereocenters. The summed E-state index contributed by atoms with van der Waals surface area (Å²) in [5.41, 5.74) is 2.54. The van der Waals surface area contributed by atoms with Crippen molar-refractivity contribution in [1.82, 2.24) is 5.32 Å². The third-order valence-electron chi connectivity index (χ3n) is 3.98. The van der Waals surface area contributed by atoms with E-state index in [9.17, 15) is 14.7 Å². The number of hydrogen-bond acceptors (Lipinski definition) is 4. The minimum Gasteiger partial charge on any atom is -0.507 e. The smallest absolute Gasteiger partial charge is 0.251 e. The van der Waals surface area contributed by atoms with Crippen LogP contribution in [0, 0.1) is 13.8 Å². The van der Waals surface area contributed by atoms with Crippen molar-refractivity contribution < 1.29 is 19.4 Å². The minimum atomic E-state index is -0.378. The molecule has 26 heavy (non-hydrogen) atoms. The Kier molecular flexibility index (Phi) is 6.27. The molecule has 0 fully saturated rings. The molecule has 0 bridgehead atoms. The number of amides is 1. The van der Waals surface area contributed by atoms with Crippen LogP contribution in [0.15, 0.2) is 24.3 Å². The number of halogens is 1. The van der Waals surface area contributed by atoms with E-state index in [0.717, 1.165) is 5.56 Å². The van der Waals surface area contributed by atoms with Crippen molar-refractivity contribution in [3.05, 3.63) is 51.5 Å². The third kappa shape index (κ3) is 4.35. The van der Waals surface area contributed by atoms with E-state index in [1.54, 1.807) is 25.1 Å². The highest BCUT2D eigenvalue weighted by molar-refractivity contribution is 6.32. The fourth-order valence-electron chi connectivity index (χ4n) is 2.62. The Morgan fingerprint density at radius 3 is 2.50 bits per heavy atom. The first-order valence-corrected chi connectivity index (χ1v) is 8.65. The topological polar surface area (TPSA) is 75.6 Å². The Hall–Kier alpha value is -2.53. The first kappa shape index (κ1) is 19.8. The molecule has 0 aliphatic carbocycles. The number of aryl methyl sites for hydroxylation is 2. The Morgan fingerprint density at radius 1 is 1.23 bits per heavy atom. The molecule has 2 rings (SSSR count). The molecule has 0 spiro atoms. The molecule has 0 aromatic heterocycles. The van der Waals surface area contributed by atoms with E-state index >= 15 is 0 Å². The predicted molar refractivity (Wildman–Crippen MR) is 102 cm³/mol. The van der Waals surface area contributed by atoms with Gasteiger partial charge in [-0.05, 0) is 55.2 Å². The summed E-state index contributed by atoms with van der Waals surface area (Å²) in [5, 5.41) is 12.9. The molecule has 2 aromatic carbocycles. The van der Waals surface area contributed by atoms with Crippen LogP contribution in [0.3, 0.4) is 0 Å². The van der Waals surface area contributed by atoms with Crippen molar-refractivity contribution in [3.8, 4) is 17.2 Å². The van der Waals surface area contributed by atoms with Gasteiger partial charge >= 0.3 is 0 Å². The molecular formula is C20H22ClNO4. The van der Waals surface area contributed by atoms with Crippen molar-refractivity contribution in [2.75, 3.05) is 6.54 Å². The summed E-state index contributed by atoms with van der Waals surface area (Å²) in [7, 11) is 0. The lowest BCUT2D eigenvalue weighted by Crippen LogP contribution is -2.25. The second-order valence-electron chi connectivity index (χ2n) is 6.42. The molecule has 6 heteroatoms. The van der Waals surface area contributed by atoms with E-state index in [4.69, 9.17) is 16.3 Å². The van der Waals surface area contributed by atoms with E-state index in [1.165, 1.54) is 6.07 Å². The van der Waals surface area contributed by atoms with Crippen molar-refractivity contribution >= 4 is 23.8 Å². The number of ether oxygens (including phenoxy) is 1. The van der Waals surface area contributed by atoms with Gasteiger partial charge in [-0.15, -0.1) is 0 Å². The van der Waals surface area contributed by atoms with Crippen LogP contribution in [0.4, 0.5) is 0 Å². The largest absolute Gasteiger partial charge is 0.507 e. The summed E-state index contributed by atoms with van der Waals surface area (Å²) < 4.78 is 5.95. The molecule has 0 saturated carbocycles. The van der Waals surface area contributed by atoms with Crippen LogP contribution < -0.4 is 10.1 Å². The van der Waals surface area contributed by atoms with Gasteiger partial charge in [0.15, 0.2) is 0 Å². The van der Waals surface area contributed by atoms with Gasteiger partial charge in [0.2, 0.25) is 0 Å². The summed E-state index contributed by atoms with van der Waals surface area (Å²) in [6.45, 7) is 7.52. The quantitative estimate of drug-likeness (QED) is 0.728. The van der Waals surface area contributed by atoms with E-state index in [-0.39, 0.29) is 29.1 Å². The summed E-state index contributed by atoms with van der Waals surface area (Å²) in [6.07, 6.45) is 0.614. The average Bonchev–Trinajstić information content (AvgIpc) is 2.58. The zero-order chi connectivity index (χ0) is 19.4. The van der Waals surface area contributed by atoms with Gasteiger partial charge in [0.1, 0.15) is 23.5 Å². The molecule has 0 saturated heterocycles. The average molecular weight is 376 g/mol. The van der Waals surface area contributed by atoms with Crippen LogP contribution in [0.25, 0.3) is 0 Å². The van der Waals surface area contributed by atoms with Crippen molar-refractivity contribution in [3.63, 3.8) is 0 Å². The number of hydrogen-bond donors (Lipinski definition) is 2. The van der Waals surface area contributed by atoms with Crippen LogP contribution in [-0.4, -0.2) is 23.8 Å². The number of benzene rings is 2. The fourth-order valence-corrected chi connectivity index (χ4v) is 2.92. The van der Waals surface area contributed by atoms with Crippen LogP contribution in [0.5, 0.6) is 17.2 Å². The number of rotatable bonds is 6. The third-order valence-corrected chi connectivity index (χ3v) is 4.26. The molecule has 0 aliphatic rings. The molecule has 5 nitrogen and oxygen atoms in total. The Bertz CT molecular complexity index is 823. The van der Waals surface area contributed by atoms with E-state index in [1.807, 2.05) is 20.8 Å². The maximum atomic E-state index is 12.0. The summed E-state index contributed by atoms with van der Waals surface area (Å²) in [4.78, 5) is 22.4. The summed E-state index contributed by atoms with van der Waals surface area (Å²) >= 11 is 6.31. The Balaban J connectivity index is 2.36. The molecule has 1 amide bonds. The molecule has 0 unspecified atom stereocenters. The van der Waals surface area contributed by atoms with Gasteiger partial charge in [-0.2, -0.15) is 0 Å². The maximum Gasteiger partial charge on any atom is 0.251 e. The normalized spacial score (nSPS) is 10.7. The van der Waals surface area contributed by atoms with Gasteiger partial charge in [0.25, 0.3) is 5.91 Å². The SMILES string of the molecule is Cc1cc(Oc2c(C)cc(C(=O)NCC=O)cc2Cl)cc(C(C)C)c1O. The molecule has 138 valence electrons. The van der Waals surface area contributed by atoms with Crippen molar-refractivity contribution in [1.29, 1.82) is 0 Å². The standard InChI is InChI=1S/C20H22ClNO4/c1-11(2)16-10-15(8-12(3)18(16)24)26-19-13(4)7-14(9-17(19)21)20(25)22-5-6-23/h6-11,24H,5H2,1-4H3,(H,22,25). The van der Waals surface area contributed by atoms with E-state index in [2.05, 4.69) is 5.32 Å². The summed E-state index contributed by atoms with van der Waals surface area (Å²) in [5.74, 6) is 1.02. The predicted octanol–water partition coefficient (Wildman–Crippen LogP) is 4.51. The number of aldehydes is 1. The van der Waals surface area contributed by atoms with Gasteiger partial charge in [0.05, 0.1) is 11.6 Å². The van der Waals surface area contributed by atoms with Gasteiger partial charge < -0.3 is 20.0 Å². The van der Waals surface area contributed by atoms with Crippen LogP contribution in [0.2, 0.25) is 5.02 Å². The molecule has 2 aromatic rings. The second-order valence-corrected chi connectivity index (χ2v) is 6.82. The van der Waals surface area contributed by atoms with Gasteiger partial charge in [-0.1, -0.05) is 25.4 Å². The highest BCUT2D eigenvalue weighted by Crippen LogP contribution is 2.38. The zero-order valence-electron chi connectivity index (χ0n) is 15.2. The summed E-state index contributed by atoms with van der Waals surface area (Å²) in [6, 6.07) is 6.67. The lowest BCUT2D eigenvalue weighted by Gasteiger charge is -2.16. The molecular weight excluding hydrogens is 354 g/mol. The van der Waals surface area contributed by atoms with Gasteiger partial charge in [0, 0.05) is 11.1 Å². The maximum absolute atomic E-state index is 12.0. The highest BCUT2D eigenvalue weighted by atomic mass is 35.5. The minimum absolute atomic E-state index is 0.0570. The molecule has 0 radical (unpaired) electrons. The van der Waals surface area contributed by atoms with Crippen molar-refractivity contribution in [2.45, 2.75) is 33.6 Å².